The zero-order valence-corrected chi connectivity index (χ0v) is 12.0. The minimum atomic E-state index is -0.894. The zero-order valence-electron chi connectivity index (χ0n) is 10.0. The number of rotatable bonds is 7. The van der Waals surface area contributed by atoms with Crippen molar-refractivity contribution in [2.24, 2.45) is 0 Å². The van der Waals surface area contributed by atoms with Crippen molar-refractivity contribution in [3.63, 3.8) is 0 Å². The first-order valence-electron chi connectivity index (χ1n) is 4.92. The van der Waals surface area contributed by atoms with Crippen molar-refractivity contribution >= 4 is 10.2 Å². The lowest BCUT2D eigenvalue weighted by atomic mass is 10.3. The van der Waals surface area contributed by atoms with Crippen LogP contribution in [-0.4, -0.2) is 62.1 Å². The van der Waals surface area contributed by atoms with E-state index in [0.717, 1.165) is 6.61 Å². The fourth-order valence-corrected chi connectivity index (χ4v) is 1.59. The summed E-state index contributed by atoms with van der Waals surface area (Å²) in [5.74, 6) is -0.894. The van der Waals surface area contributed by atoms with Gasteiger partial charge in [-0.3, -0.25) is 0 Å². The van der Waals surface area contributed by atoms with Gasteiger partial charge in [0.2, 0.25) is 5.79 Å². The summed E-state index contributed by atoms with van der Waals surface area (Å²) in [5.41, 5.74) is -0.809. The van der Waals surface area contributed by atoms with Gasteiger partial charge in [0.05, 0.1) is 23.5 Å². The van der Waals surface area contributed by atoms with Gasteiger partial charge in [-0.15, -0.1) is 0 Å². The Morgan fingerprint density at radius 1 is 1.27 bits per heavy atom. The van der Waals surface area contributed by atoms with Crippen LogP contribution in [0.3, 0.4) is 0 Å². The first-order chi connectivity index (χ1) is 7.01. The van der Waals surface area contributed by atoms with Gasteiger partial charge in [-0.2, -0.15) is 0 Å². The van der Waals surface area contributed by atoms with Gasteiger partial charge in [0, 0.05) is 21.3 Å². The van der Waals surface area contributed by atoms with Gasteiger partial charge in [0.15, 0.2) is 5.41 Å². The summed E-state index contributed by atoms with van der Waals surface area (Å²) < 4.78 is 26.8. The van der Waals surface area contributed by atoms with Gasteiger partial charge in [-0.05, 0) is 6.92 Å². The van der Waals surface area contributed by atoms with Crippen molar-refractivity contribution in [2.75, 3.05) is 34.5 Å². The Kier molecular flexibility index (Phi) is 4.27. The SMILES string of the molecule is COC(C)(OCC1CO1)C([SiH3])(OC)OC. The lowest BCUT2D eigenvalue weighted by Crippen LogP contribution is -2.58. The molecule has 15 heavy (non-hydrogen) atoms. The van der Waals surface area contributed by atoms with Crippen molar-refractivity contribution < 1.29 is 23.7 Å². The molecule has 2 atom stereocenters. The summed E-state index contributed by atoms with van der Waals surface area (Å²) in [4.78, 5) is 0. The van der Waals surface area contributed by atoms with E-state index >= 15 is 0 Å². The van der Waals surface area contributed by atoms with Crippen LogP contribution in [0.4, 0.5) is 0 Å². The van der Waals surface area contributed by atoms with Gasteiger partial charge in [0.25, 0.3) is 0 Å². The Balaban J connectivity index is 2.61. The van der Waals surface area contributed by atoms with E-state index < -0.39 is 11.2 Å². The first-order valence-corrected chi connectivity index (χ1v) is 5.92. The maximum Gasteiger partial charge on any atom is 0.215 e. The van der Waals surface area contributed by atoms with E-state index in [1.54, 1.807) is 21.3 Å². The predicted octanol–water partition coefficient (Wildman–Crippen LogP) is -0.924. The van der Waals surface area contributed by atoms with Crippen molar-refractivity contribution in [3.05, 3.63) is 0 Å². The Morgan fingerprint density at radius 3 is 2.13 bits per heavy atom. The molecular weight excluding hydrogens is 216 g/mol. The molecule has 0 amide bonds. The molecular formula is C9H20O5Si. The van der Waals surface area contributed by atoms with Crippen LogP contribution in [0.15, 0.2) is 0 Å². The van der Waals surface area contributed by atoms with Gasteiger partial charge in [-0.25, -0.2) is 0 Å². The highest BCUT2D eigenvalue weighted by Crippen LogP contribution is 2.29. The minimum absolute atomic E-state index is 0.194. The van der Waals surface area contributed by atoms with Crippen molar-refractivity contribution in [1.29, 1.82) is 0 Å². The molecule has 2 unspecified atom stereocenters. The van der Waals surface area contributed by atoms with Crippen LogP contribution in [0.25, 0.3) is 0 Å². The number of methoxy groups -OCH3 is 3. The first kappa shape index (κ1) is 13.1. The minimum Gasteiger partial charge on any atom is -0.371 e. The summed E-state index contributed by atoms with van der Waals surface area (Å²) in [7, 11) is 5.39. The molecule has 5 nitrogen and oxygen atoms in total. The fraction of sp³-hybridized carbons (Fsp3) is 1.00. The average molecular weight is 236 g/mol. The smallest absolute Gasteiger partial charge is 0.215 e. The number of ether oxygens (including phenoxy) is 5. The van der Waals surface area contributed by atoms with E-state index in [1.165, 1.54) is 0 Å². The van der Waals surface area contributed by atoms with Crippen LogP contribution in [-0.2, 0) is 23.7 Å². The molecule has 0 bridgehead atoms. The van der Waals surface area contributed by atoms with Gasteiger partial charge in [-0.1, -0.05) is 0 Å². The van der Waals surface area contributed by atoms with Crippen LogP contribution >= 0.6 is 0 Å². The third-order valence-corrected chi connectivity index (χ3v) is 4.67. The van der Waals surface area contributed by atoms with E-state index in [4.69, 9.17) is 23.7 Å². The second-order valence-electron chi connectivity index (χ2n) is 3.77. The van der Waals surface area contributed by atoms with Crippen LogP contribution in [0, 0.1) is 0 Å². The molecule has 1 aliphatic heterocycles. The molecule has 1 heterocycles. The molecule has 0 aromatic heterocycles. The summed E-state index contributed by atoms with van der Waals surface area (Å²) in [6.45, 7) is 3.07. The third kappa shape index (κ3) is 2.77. The highest BCUT2D eigenvalue weighted by atomic mass is 28.1. The number of hydrogen-bond donors (Lipinski definition) is 0. The molecule has 0 saturated carbocycles. The second-order valence-corrected chi connectivity index (χ2v) is 5.09. The molecule has 1 fully saturated rings. The zero-order chi connectivity index (χ0) is 11.5. The molecule has 90 valence electrons. The Morgan fingerprint density at radius 2 is 1.80 bits per heavy atom. The Bertz CT molecular complexity index is 205. The number of hydrogen-bond acceptors (Lipinski definition) is 5. The van der Waals surface area contributed by atoms with E-state index in [1.807, 2.05) is 6.92 Å². The van der Waals surface area contributed by atoms with Gasteiger partial charge >= 0.3 is 0 Å². The molecule has 0 N–H and O–H groups in total. The predicted molar refractivity (Wildman–Crippen MR) is 57.8 cm³/mol. The van der Waals surface area contributed by atoms with Gasteiger partial charge in [0.1, 0.15) is 6.10 Å². The van der Waals surface area contributed by atoms with Crippen molar-refractivity contribution in [1.82, 2.24) is 0 Å². The molecule has 0 aromatic carbocycles. The topological polar surface area (TPSA) is 49.5 Å². The average Bonchev–Trinajstić information content (AvgIpc) is 3.08. The Labute approximate surface area is 93.4 Å². The maximum absolute atomic E-state index is 5.69. The molecule has 0 aliphatic carbocycles. The molecule has 0 aromatic rings. The quantitative estimate of drug-likeness (QED) is 0.325. The van der Waals surface area contributed by atoms with Crippen LogP contribution in [0.1, 0.15) is 6.92 Å². The summed E-state index contributed by atoms with van der Waals surface area (Å²) >= 11 is 0. The van der Waals surface area contributed by atoms with Crippen LogP contribution in [0.2, 0.25) is 0 Å². The molecule has 1 aliphatic rings. The van der Waals surface area contributed by atoms with Gasteiger partial charge < -0.3 is 23.7 Å². The lowest BCUT2D eigenvalue weighted by Gasteiger charge is -2.42. The standard InChI is InChI=1S/C9H20O5Si/c1-8(10-2,9(15,11-3)12-4)14-6-7-5-13-7/h7H,5-6H2,1-4,15H3. The molecule has 1 saturated heterocycles. The third-order valence-electron chi connectivity index (χ3n) is 2.94. The van der Waals surface area contributed by atoms with E-state index in [-0.39, 0.29) is 6.10 Å². The highest BCUT2D eigenvalue weighted by Gasteiger charge is 2.48. The molecule has 1 rings (SSSR count). The molecule has 6 heteroatoms. The normalized spacial score (nSPS) is 25.2. The monoisotopic (exact) mass is 236 g/mol. The van der Waals surface area contributed by atoms with Crippen LogP contribution < -0.4 is 0 Å². The number of epoxide rings is 1. The molecule has 0 radical (unpaired) electrons. The van der Waals surface area contributed by atoms with E-state index in [0.29, 0.717) is 16.8 Å². The Hall–Kier alpha value is 0.0169. The maximum atomic E-state index is 5.69. The lowest BCUT2D eigenvalue weighted by molar-refractivity contribution is -0.349. The summed E-state index contributed by atoms with van der Waals surface area (Å²) in [5, 5.41) is 0. The largest absolute Gasteiger partial charge is 0.371 e. The van der Waals surface area contributed by atoms with E-state index in [9.17, 15) is 0 Å². The summed E-state index contributed by atoms with van der Waals surface area (Å²) in [6, 6.07) is 0. The highest BCUT2D eigenvalue weighted by molar-refractivity contribution is 6.14. The van der Waals surface area contributed by atoms with Crippen molar-refractivity contribution in [2.45, 2.75) is 24.2 Å². The fourth-order valence-electron chi connectivity index (χ4n) is 1.25. The van der Waals surface area contributed by atoms with Crippen LogP contribution in [0.5, 0.6) is 0 Å². The molecule has 0 spiro atoms. The second kappa shape index (κ2) is 4.90. The summed E-state index contributed by atoms with van der Waals surface area (Å²) in [6.07, 6.45) is 0.194. The van der Waals surface area contributed by atoms with Crippen molar-refractivity contribution in [3.8, 4) is 0 Å². The van der Waals surface area contributed by atoms with E-state index in [2.05, 4.69) is 0 Å².